The molecule has 0 spiro atoms. The first-order valence-corrected chi connectivity index (χ1v) is 6.44. The standard InChI is InChI=1S/C14H18F3NO/c1-10-8-13(3-2-11(10)9-19)18-6-4-12(5-7-18)14(15,16)17/h2-3,8,12,19H,4-7,9H2,1H3. The van der Waals surface area contributed by atoms with Crippen molar-refractivity contribution in [1.29, 1.82) is 0 Å². The van der Waals surface area contributed by atoms with E-state index >= 15 is 0 Å². The fourth-order valence-electron chi connectivity index (χ4n) is 2.52. The van der Waals surface area contributed by atoms with Gasteiger partial charge in [-0.3, -0.25) is 0 Å². The van der Waals surface area contributed by atoms with Crippen molar-refractivity contribution < 1.29 is 18.3 Å². The van der Waals surface area contributed by atoms with Crippen molar-refractivity contribution in [2.45, 2.75) is 32.5 Å². The van der Waals surface area contributed by atoms with Crippen LogP contribution in [0.25, 0.3) is 0 Å². The second-order valence-corrected chi connectivity index (χ2v) is 5.07. The van der Waals surface area contributed by atoms with Crippen LogP contribution in [0.15, 0.2) is 18.2 Å². The number of alkyl halides is 3. The number of aliphatic hydroxyl groups excluding tert-OH is 1. The fourth-order valence-corrected chi connectivity index (χ4v) is 2.52. The summed E-state index contributed by atoms with van der Waals surface area (Å²) in [7, 11) is 0. The van der Waals surface area contributed by atoms with Crippen LogP contribution in [0.4, 0.5) is 18.9 Å². The minimum atomic E-state index is -4.07. The molecule has 19 heavy (non-hydrogen) atoms. The Bertz CT molecular complexity index is 437. The lowest BCUT2D eigenvalue weighted by Gasteiger charge is -2.34. The Kier molecular flexibility index (Phi) is 4.04. The molecule has 1 saturated heterocycles. The van der Waals surface area contributed by atoms with Gasteiger partial charge in [0.2, 0.25) is 0 Å². The lowest BCUT2D eigenvalue weighted by molar-refractivity contribution is -0.179. The van der Waals surface area contributed by atoms with Gasteiger partial charge in [0.05, 0.1) is 12.5 Å². The molecule has 2 rings (SSSR count). The van der Waals surface area contributed by atoms with E-state index in [0.29, 0.717) is 13.1 Å². The predicted molar refractivity (Wildman–Crippen MR) is 68.1 cm³/mol. The summed E-state index contributed by atoms with van der Waals surface area (Å²) in [4.78, 5) is 1.98. The van der Waals surface area contributed by atoms with Gasteiger partial charge in [-0.2, -0.15) is 13.2 Å². The van der Waals surface area contributed by atoms with Gasteiger partial charge >= 0.3 is 6.18 Å². The van der Waals surface area contributed by atoms with E-state index in [2.05, 4.69) is 0 Å². The van der Waals surface area contributed by atoms with Gasteiger partial charge in [0.25, 0.3) is 0 Å². The molecule has 0 radical (unpaired) electrons. The quantitative estimate of drug-likeness (QED) is 0.894. The number of anilines is 1. The first kappa shape index (κ1) is 14.2. The SMILES string of the molecule is Cc1cc(N2CCC(C(F)(F)F)CC2)ccc1CO. The average Bonchev–Trinajstić information content (AvgIpc) is 2.38. The highest BCUT2D eigenvalue weighted by Gasteiger charge is 2.41. The zero-order chi connectivity index (χ0) is 14.0. The molecule has 1 aliphatic rings. The summed E-state index contributed by atoms with van der Waals surface area (Å²) in [6.45, 7) is 2.75. The molecule has 0 atom stereocenters. The van der Waals surface area contributed by atoms with Gasteiger partial charge in [-0.1, -0.05) is 6.07 Å². The topological polar surface area (TPSA) is 23.5 Å². The first-order valence-electron chi connectivity index (χ1n) is 6.44. The Balaban J connectivity index is 2.04. The van der Waals surface area contributed by atoms with Gasteiger partial charge in [-0.15, -0.1) is 0 Å². The van der Waals surface area contributed by atoms with Crippen molar-refractivity contribution in [3.63, 3.8) is 0 Å². The molecule has 1 heterocycles. The minimum Gasteiger partial charge on any atom is -0.392 e. The maximum Gasteiger partial charge on any atom is 0.391 e. The Hall–Kier alpha value is -1.23. The number of aryl methyl sites for hydroxylation is 1. The summed E-state index contributed by atoms with van der Waals surface area (Å²) in [5.41, 5.74) is 2.77. The summed E-state index contributed by atoms with van der Waals surface area (Å²) < 4.78 is 37.8. The number of rotatable bonds is 2. The molecule has 0 saturated carbocycles. The van der Waals surface area contributed by atoms with Gasteiger partial charge in [-0.05, 0) is 43.0 Å². The predicted octanol–water partition coefficient (Wildman–Crippen LogP) is 3.27. The van der Waals surface area contributed by atoms with Crippen LogP contribution in [0.5, 0.6) is 0 Å². The normalized spacial score (nSPS) is 17.8. The van der Waals surface area contributed by atoms with E-state index in [-0.39, 0.29) is 19.4 Å². The van der Waals surface area contributed by atoms with Crippen molar-refractivity contribution in [3.05, 3.63) is 29.3 Å². The number of hydrogen-bond acceptors (Lipinski definition) is 2. The number of benzene rings is 1. The number of hydrogen-bond donors (Lipinski definition) is 1. The number of nitrogens with zero attached hydrogens (tertiary/aromatic N) is 1. The van der Waals surface area contributed by atoms with Crippen LogP contribution >= 0.6 is 0 Å². The number of halogens is 3. The van der Waals surface area contributed by atoms with E-state index in [1.165, 1.54) is 0 Å². The van der Waals surface area contributed by atoms with Crippen LogP contribution in [0.1, 0.15) is 24.0 Å². The van der Waals surface area contributed by atoms with E-state index in [1.54, 1.807) is 0 Å². The summed E-state index contributed by atoms with van der Waals surface area (Å²) >= 11 is 0. The Labute approximate surface area is 110 Å². The van der Waals surface area contributed by atoms with E-state index in [0.717, 1.165) is 16.8 Å². The van der Waals surface area contributed by atoms with Crippen molar-refractivity contribution in [3.8, 4) is 0 Å². The summed E-state index contributed by atoms with van der Waals surface area (Å²) in [6, 6.07) is 5.63. The third kappa shape index (κ3) is 3.21. The molecule has 1 N–H and O–H groups in total. The third-order valence-corrected chi connectivity index (χ3v) is 3.82. The highest BCUT2D eigenvalue weighted by Crippen LogP contribution is 2.35. The smallest absolute Gasteiger partial charge is 0.391 e. The lowest BCUT2D eigenvalue weighted by Crippen LogP contribution is -2.39. The molecular weight excluding hydrogens is 255 g/mol. The summed E-state index contributed by atoms with van der Waals surface area (Å²) in [5, 5.41) is 9.11. The molecule has 0 bridgehead atoms. The summed E-state index contributed by atoms with van der Waals surface area (Å²) in [5.74, 6) is -1.17. The Morgan fingerprint density at radius 3 is 2.37 bits per heavy atom. The molecule has 0 unspecified atom stereocenters. The molecule has 1 aromatic rings. The van der Waals surface area contributed by atoms with Crippen molar-refractivity contribution in [1.82, 2.24) is 0 Å². The van der Waals surface area contributed by atoms with Crippen LogP contribution < -0.4 is 4.90 Å². The molecule has 0 aromatic heterocycles. The Morgan fingerprint density at radius 2 is 1.89 bits per heavy atom. The van der Waals surface area contributed by atoms with Crippen LogP contribution in [-0.2, 0) is 6.61 Å². The third-order valence-electron chi connectivity index (χ3n) is 3.82. The van der Waals surface area contributed by atoms with E-state index in [4.69, 9.17) is 5.11 Å². The maximum absolute atomic E-state index is 12.6. The molecule has 2 nitrogen and oxygen atoms in total. The monoisotopic (exact) mass is 273 g/mol. The number of aliphatic hydroxyl groups is 1. The van der Waals surface area contributed by atoms with Crippen molar-refractivity contribution >= 4 is 5.69 Å². The van der Waals surface area contributed by atoms with Crippen LogP contribution in [0.2, 0.25) is 0 Å². The zero-order valence-electron chi connectivity index (χ0n) is 10.9. The number of piperidine rings is 1. The molecule has 0 amide bonds. The second-order valence-electron chi connectivity index (χ2n) is 5.07. The Morgan fingerprint density at radius 1 is 1.26 bits per heavy atom. The highest BCUT2D eigenvalue weighted by atomic mass is 19.4. The van der Waals surface area contributed by atoms with Gasteiger partial charge in [0, 0.05) is 18.8 Å². The largest absolute Gasteiger partial charge is 0.392 e. The minimum absolute atomic E-state index is 0.0116. The fraction of sp³-hybridized carbons (Fsp3) is 0.571. The average molecular weight is 273 g/mol. The van der Waals surface area contributed by atoms with Gasteiger partial charge < -0.3 is 10.0 Å². The van der Waals surface area contributed by atoms with Gasteiger partial charge in [-0.25, -0.2) is 0 Å². The molecule has 0 aliphatic carbocycles. The van der Waals surface area contributed by atoms with E-state index < -0.39 is 12.1 Å². The van der Waals surface area contributed by atoms with Crippen LogP contribution in [0, 0.1) is 12.8 Å². The molecule has 106 valence electrons. The summed E-state index contributed by atoms with van der Waals surface area (Å²) in [6.07, 6.45) is -3.75. The first-order chi connectivity index (χ1) is 8.91. The molecule has 1 aromatic carbocycles. The highest BCUT2D eigenvalue weighted by molar-refractivity contribution is 5.51. The molecule has 1 fully saturated rings. The van der Waals surface area contributed by atoms with Crippen LogP contribution in [-0.4, -0.2) is 24.4 Å². The molecular formula is C14H18F3NO. The second kappa shape index (κ2) is 5.41. The molecule has 1 aliphatic heterocycles. The maximum atomic E-state index is 12.6. The van der Waals surface area contributed by atoms with Crippen molar-refractivity contribution in [2.24, 2.45) is 5.92 Å². The van der Waals surface area contributed by atoms with Crippen LogP contribution in [0.3, 0.4) is 0 Å². The zero-order valence-corrected chi connectivity index (χ0v) is 10.9. The van der Waals surface area contributed by atoms with Gasteiger partial charge in [0.15, 0.2) is 0 Å². The lowest BCUT2D eigenvalue weighted by atomic mass is 9.95. The van der Waals surface area contributed by atoms with Crippen molar-refractivity contribution in [2.75, 3.05) is 18.0 Å². The van der Waals surface area contributed by atoms with E-state index in [9.17, 15) is 13.2 Å². The van der Waals surface area contributed by atoms with Gasteiger partial charge in [0.1, 0.15) is 0 Å². The van der Waals surface area contributed by atoms with E-state index in [1.807, 2.05) is 30.0 Å². The molecule has 5 heteroatoms.